The van der Waals surface area contributed by atoms with E-state index < -0.39 is 0 Å². The molecular weight excluding hydrogens is 318 g/mol. The fourth-order valence-corrected chi connectivity index (χ4v) is 3.08. The SMILES string of the molecule is C#CCCCCCCCCC=CCCCCCCCCC(=O)NC(C)C. The number of amides is 1. The van der Waals surface area contributed by atoms with Gasteiger partial charge in [-0.15, -0.1) is 12.3 Å². The minimum atomic E-state index is 0.203. The zero-order valence-electron chi connectivity index (χ0n) is 17.5. The Morgan fingerprint density at radius 1 is 0.808 bits per heavy atom. The molecule has 0 aliphatic rings. The molecule has 0 fully saturated rings. The van der Waals surface area contributed by atoms with Crippen molar-refractivity contribution in [2.45, 2.75) is 123 Å². The van der Waals surface area contributed by atoms with Crippen LogP contribution in [0.3, 0.4) is 0 Å². The van der Waals surface area contributed by atoms with Crippen molar-refractivity contribution in [3.05, 3.63) is 12.2 Å². The molecule has 0 aromatic carbocycles. The molecular formula is C24H43NO. The average Bonchev–Trinajstić information content (AvgIpc) is 2.60. The second kappa shape index (κ2) is 20.1. The summed E-state index contributed by atoms with van der Waals surface area (Å²) >= 11 is 0. The van der Waals surface area contributed by atoms with Crippen LogP contribution in [0.1, 0.15) is 117 Å². The third-order valence-electron chi connectivity index (χ3n) is 4.58. The molecule has 0 bridgehead atoms. The van der Waals surface area contributed by atoms with Gasteiger partial charge in [0, 0.05) is 18.9 Å². The van der Waals surface area contributed by atoms with Crippen molar-refractivity contribution in [3.63, 3.8) is 0 Å². The molecule has 2 nitrogen and oxygen atoms in total. The summed E-state index contributed by atoms with van der Waals surface area (Å²) in [5, 5.41) is 2.95. The molecule has 0 rings (SSSR count). The monoisotopic (exact) mass is 361 g/mol. The highest BCUT2D eigenvalue weighted by molar-refractivity contribution is 5.76. The molecule has 1 N–H and O–H groups in total. The summed E-state index contributed by atoms with van der Waals surface area (Å²) in [6.45, 7) is 4.02. The number of hydrogen-bond acceptors (Lipinski definition) is 1. The minimum absolute atomic E-state index is 0.203. The van der Waals surface area contributed by atoms with Gasteiger partial charge in [-0.25, -0.2) is 0 Å². The average molecular weight is 362 g/mol. The molecule has 0 aromatic rings. The van der Waals surface area contributed by atoms with E-state index in [9.17, 15) is 4.79 Å². The summed E-state index contributed by atoms with van der Waals surface area (Å²) in [5.74, 6) is 2.91. The van der Waals surface area contributed by atoms with Crippen LogP contribution >= 0.6 is 0 Å². The van der Waals surface area contributed by atoms with Crippen molar-refractivity contribution in [1.82, 2.24) is 5.32 Å². The highest BCUT2D eigenvalue weighted by atomic mass is 16.1. The second-order valence-corrected chi connectivity index (χ2v) is 7.72. The van der Waals surface area contributed by atoms with E-state index in [2.05, 4.69) is 23.4 Å². The van der Waals surface area contributed by atoms with Crippen molar-refractivity contribution >= 4 is 5.91 Å². The second-order valence-electron chi connectivity index (χ2n) is 7.72. The van der Waals surface area contributed by atoms with Crippen LogP contribution < -0.4 is 5.32 Å². The lowest BCUT2D eigenvalue weighted by Gasteiger charge is -2.07. The summed E-state index contributed by atoms with van der Waals surface area (Å²) in [6.07, 6.45) is 29.4. The normalized spacial score (nSPS) is 11.2. The highest BCUT2D eigenvalue weighted by Gasteiger charge is 2.02. The van der Waals surface area contributed by atoms with Crippen molar-refractivity contribution in [2.75, 3.05) is 0 Å². The molecule has 2 heteroatoms. The first kappa shape index (κ1) is 24.8. The summed E-state index contributed by atoms with van der Waals surface area (Å²) in [4.78, 5) is 11.5. The van der Waals surface area contributed by atoms with Gasteiger partial charge in [0.2, 0.25) is 5.91 Å². The number of unbranched alkanes of at least 4 members (excludes halogenated alkanes) is 13. The Bertz CT molecular complexity index is 378. The van der Waals surface area contributed by atoms with Crippen LogP contribution in [0.15, 0.2) is 12.2 Å². The number of nitrogens with one attached hydrogen (secondary N) is 1. The fraction of sp³-hybridized carbons (Fsp3) is 0.792. The Hall–Kier alpha value is -1.23. The Morgan fingerprint density at radius 2 is 1.27 bits per heavy atom. The van der Waals surface area contributed by atoms with Gasteiger partial charge in [-0.1, -0.05) is 63.5 Å². The van der Waals surface area contributed by atoms with Crippen LogP contribution in [0.25, 0.3) is 0 Å². The van der Waals surface area contributed by atoms with Crippen LogP contribution in [0.4, 0.5) is 0 Å². The molecule has 1 amide bonds. The number of allylic oxidation sites excluding steroid dienone is 2. The summed E-state index contributed by atoms with van der Waals surface area (Å²) < 4.78 is 0. The molecule has 0 unspecified atom stereocenters. The summed E-state index contributed by atoms with van der Waals surface area (Å²) in [5.41, 5.74) is 0. The molecule has 0 aliphatic carbocycles. The molecule has 0 spiro atoms. The number of hydrogen-bond donors (Lipinski definition) is 1. The lowest BCUT2D eigenvalue weighted by atomic mass is 10.1. The number of terminal acetylenes is 1. The quantitative estimate of drug-likeness (QED) is 0.160. The minimum Gasteiger partial charge on any atom is -0.354 e. The number of carbonyl (C=O) groups excluding carboxylic acids is 1. The van der Waals surface area contributed by atoms with E-state index in [4.69, 9.17) is 6.42 Å². The van der Waals surface area contributed by atoms with Crippen molar-refractivity contribution in [3.8, 4) is 12.3 Å². The Morgan fingerprint density at radius 3 is 1.77 bits per heavy atom. The molecule has 0 saturated carbocycles. The Balaban J connectivity index is 3.17. The number of rotatable bonds is 18. The standard InChI is InChI=1S/C24H43NO/c1-4-5-6-7-8-9-10-11-12-13-14-15-16-17-18-19-20-21-22-24(26)25-23(2)3/h1,13-14,23H,5-12,15-22H2,2-3H3,(H,25,26). The lowest BCUT2D eigenvalue weighted by molar-refractivity contribution is -0.121. The van der Waals surface area contributed by atoms with Crippen molar-refractivity contribution < 1.29 is 4.79 Å². The Labute approximate surface area is 163 Å². The maximum atomic E-state index is 11.5. The van der Waals surface area contributed by atoms with E-state index in [1.54, 1.807) is 0 Å². The summed E-state index contributed by atoms with van der Waals surface area (Å²) in [7, 11) is 0. The maximum Gasteiger partial charge on any atom is 0.220 e. The zero-order valence-corrected chi connectivity index (χ0v) is 17.5. The van der Waals surface area contributed by atoms with Crippen molar-refractivity contribution in [2.24, 2.45) is 0 Å². The van der Waals surface area contributed by atoms with E-state index in [0.717, 1.165) is 12.8 Å². The van der Waals surface area contributed by atoms with Gasteiger partial charge in [0.25, 0.3) is 0 Å². The molecule has 150 valence electrons. The molecule has 0 heterocycles. The highest BCUT2D eigenvalue weighted by Crippen LogP contribution is 2.11. The van der Waals surface area contributed by atoms with E-state index in [1.807, 2.05) is 13.8 Å². The van der Waals surface area contributed by atoms with Crippen LogP contribution in [-0.2, 0) is 4.79 Å². The fourth-order valence-electron chi connectivity index (χ4n) is 3.08. The first-order valence-electron chi connectivity index (χ1n) is 11.0. The zero-order chi connectivity index (χ0) is 19.3. The van der Waals surface area contributed by atoms with Crippen LogP contribution in [0.2, 0.25) is 0 Å². The molecule has 0 aromatic heterocycles. The van der Waals surface area contributed by atoms with Crippen LogP contribution in [0, 0.1) is 12.3 Å². The maximum absolute atomic E-state index is 11.5. The van der Waals surface area contributed by atoms with Gasteiger partial charge >= 0.3 is 0 Å². The van der Waals surface area contributed by atoms with Crippen molar-refractivity contribution in [1.29, 1.82) is 0 Å². The molecule has 0 aliphatic heterocycles. The van der Waals surface area contributed by atoms with Gasteiger partial charge < -0.3 is 5.32 Å². The largest absolute Gasteiger partial charge is 0.354 e. The Kier molecular flexibility index (Phi) is 19.1. The molecule has 26 heavy (non-hydrogen) atoms. The molecule has 0 radical (unpaired) electrons. The lowest BCUT2D eigenvalue weighted by Crippen LogP contribution is -2.29. The summed E-state index contributed by atoms with van der Waals surface area (Å²) in [6, 6.07) is 0.264. The third kappa shape index (κ3) is 20.8. The van der Waals surface area contributed by atoms with E-state index in [1.165, 1.54) is 83.5 Å². The first-order valence-corrected chi connectivity index (χ1v) is 11.0. The van der Waals surface area contributed by atoms with Gasteiger partial charge in [-0.2, -0.15) is 0 Å². The van der Waals surface area contributed by atoms with E-state index in [-0.39, 0.29) is 11.9 Å². The first-order chi connectivity index (χ1) is 12.7. The van der Waals surface area contributed by atoms with Crippen LogP contribution in [-0.4, -0.2) is 11.9 Å². The van der Waals surface area contributed by atoms with E-state index >= 15 is 0 Å². The predicted molar refractivity (Wildman–Crippen MR) is 115 cm³/mol. The molecule has 0 saturated heterocycles. The van der Waals surface area contributed by atoms with Gasteiger partial charge in [0.1, 0.15) is 0 Å². The predicted octanol–water partition coefficient (Wildman–Crippen LogP) is 6.94. The van der Waals surface area contributed by atoms with Gasteiger partial charge in [0.05, 0.1) is 0 Å². The topological polar surface area (TPSA) is 29.1 Å². The number of carbonyl (C=O) groups is 1. The molecule has 0 atom stereocenters. The third-order valence-corrected chi connectivity index (χ3v) is 4.58. The van der Waals surface area contributed by atoms with E-state index in [0.29, 0.717) is 6.42 Å². The smallest absolute Gasteiger partial charge is 0.220 e. The van der Waals surface area contributed by atoms with Gasteiger partial charge in [-0.05, 0) is 52.4 Å². The van der Waals surface area contributed by atoms with Crippen LogP contribution in [0.5, 0.6) is 0 Å². The van der Waals surface area contributed by atoms with Gasteiger partial charge in [0.15, 0.2) is 0 Å². The van der Waals surface area contributed by atoms with Gasteiger partial charge in [-0.3, -0.25) is 4.79 Å².